The molecule has 0 fully saturated rings. The van der Waals surface area contributed by atoms with E-state index in [2.05, 4.69) is 17.4 Å². The van der Waals surface area contributed by atoms with Crippen LogP contribution in [-0.4, -0.2) is 7.11 Å². The second-order valence-corrected chi connectivity index (χ2v) is 4.73. The Labute approximate surface area is 124 Å². The molecule has 0 aliphatic rings. The molecule has 0 saturated heterocycles. The fraction of sp³-hybridized carbons (Fsp3) is 0.111. The van der Waals surface area contributed by atoms with Gasteiger partial charge in [-0.2, -0.15) is 0 Å². The predicted molar refractivity (Wildman–Crippen MR) is 83.6 cm³/mol. The number of furan rings is 1. The van der Waals surface area contributed by atoms with Crippen LogP contribution in [0.1, 0.15) is 17.4 Å². The first-order chi connectivity index (χ1) is 10.4. The molecule has 1 N–H and O–H groups in total. The van der Waals surface area contributed by atoms with Crippen LogP contribution < -0.4 is 10.1 Å². The molecule has 0 radical (unpaired) electrons. The molecule has 0 spiro atoms. The van der Waals surface area contributed by atoms with E-state index in [1.54, 1.807) is 13.4 Å². The van der Waals surface area contributed by atoms with Gasteiger partial charge in [-0.3, -0.25) is 0 Å². The number of hydrogen-bond donors (Lipinski definition) is 1. The first-order valence-electron chi connectivity index (χ1n) is 6.86. The summed E-state index contributed by atoms with van der Waals surface area (Å²) in [5.74, 6) is 1.73. The van der Waals surface area contributed by atoms with Crippen LogP contribution in [0.5, 0.6) is 5.75 Å². The van der Waals surface area contributed by atoms with Crippen molar-refractivity contribution in [2.75, 3.05) is 12.4 Å². The van der Waals surface area contributed by atoms with Gasteiger partial charge in [-0.05, 0) is 42.0 Å². The summed E-state index contributed by atoms with van der Waals surface area (Å²) in [7, 11) is 1.66. The maximum Gasteiger partial charge on any atom is 0.130 e. The molecule has 2 aromatic carbocycles. The molecule has 0 aliphatic carbocycles. The lowest BCUT2D eigenvalue weighted by Gasteiger charge is -2.18. The summed E-state index contributed by atoms with van der Waals surface area (Å²) in [6.45, 7) is 0. The van der Waals surface area contributed by atoms with Gasteiger partial charge in [-0.1, -0.05) is 30.3 Å². The molecular formula is C18H17NO2. The third kappa shape index (κ3) is 3.08. The molecule has 0 aliphatic heterocycles. The minimum absolute atomic E-state index is 0.0189. The zero-order valence-corrected chi connectivity index (χ0v) is 11.8. The van der Waals surface area contributed by atoms with Crippen molar-refractivity contribution >= 4 is 5.69 Å². The summed E-state index contributed by atoms with van der Waals surface area (Å²) in [5, 5.41) is 3.50. The quantitative estimate of drug-likeness (QED) is 0.747. The Morgan fingerprint density at radius 1 is 0.905 bits per heavy atom. The van der Waals surface area contributed by atoms with E-state index in [1.807, 2.05) is 54.6 Å². The molecule has 3 rings (SSSR count). The summed E-state index contributed by atoms with van der Waals surface area (Å²) in [6.07, 6.45) is 1.70. The second-order valence-electron chi connectivity index (χ2n) is 4.73. The van der Waals surface area contributed by atoms with E-state index in [4.69, 9.17) is 9.15 Å². The number of rotatable bonds is 5. The molecule has 21 heavy (non-hydrogen) atoms. The molecule has 3 heteroatoms. The van der Waals surface area contributed by atoms with Crippen molar-refractivity contribution in [1.29, 1.82) is 0 Å². The van der Waals surface area contributed by atoms with Crippen molar-refractivity contribution < 1.29 is 9.15 Å². The van der Waals surface area contributed by atoms with Crippen LogP contribution in [0.3, 0.4) is 0 Å². The van der Waals surface area contributed by atoms with Gasteiger partial charge in [0, 0.05) is 5.69 Å². The van der Waals surface area contributed by atoms with Crippen LogP contribution in [-0.2, 0) is 0 Å². The lowest BCUT2D eigenvalue weighted by molar-refractivity contribution is 0.415. The number of benzene rings is 2. The molecule has 1 unspecified atom stereocenters. The maximum absolute atomic E-state index is 5.58. The Morgan fingerprint density at radius 2 is 1.67 bits per heavy atom. The standard InChI is InChI=1S/C18H17NO2/c1-20-16-11-9-15(10-12-16)19-18(17-8-5-13-21-17)14-6-3-2-4-7-14/h2-13,18-19H,1H3. The van der Waals surface area contributed by atoms with E-state index < -0.39 is 0 Å². The van der Waals surface area contributed by atoms with Crippen LogP contribution in [0.2, 0.25) is 0 Å². The van der Waals surface area contributed by atoms with Crippen molar-refractivity contribution in [3.8, 4) is 5.75 Å². The summed E-state index contributed by atoms with van der Waals surface area (Å²) in [4.78, 5) is 0. The van der Waals surface area contributed by atoms with Crippen LogP contribution in [0.25, 0.3) is 0 Å². The molecule has 1 atom stereocenters. The van der Waals surface area contributed by atoms with Gasteiger partial charge in [0.25, 0.3) is 0 Å². The first-order valence-corrected chi connectivity index (χ1v) is 6.86. The fourth-order valence-electron chi connectivity index (χ4n) is 2.27. The Bertz CT molecular complexity index is 660. The van der Waals surface area contributed by atoms with E-state index in [1.165, 1.54) is 0 Å². The zero-order chi connectivity index (χ0) is 14.5. The van der Waals surface area contributed by atoms with E-state index >= 15 is 0 Å². The fourth-order valence-corrected chi connectivity index (χ4v) is 2.27. The van der Waals surface area contributed by atoms with E-state index in [0.29, 0.717) is 0 Å². The molecular weight excluding hydrogens is 262 g/mol. The van der Waals surface area contributed by atoms with Crippen LogP contribution in [0, 0.1) is 0 Å². The minimum atomic E-state index is -0.0189. The van der Waals surface area contributed by atoms with Gasteiger partial charge in [0.1, 0.15) is 17.6 Å². The summed E-state index contributed by atoms with van der Waals surface area (Å²) < 4.78 is 10.8. The maximum atomic E-state index is 5.58. The normalized spacial score (nSPS) is 11.9. The average Bonchev–Trinajstić information content (AvgIpc) is 3.08. The van der Waals surface area contributed by atoms with Crippen molar-refractivity contribution in [2.45, 2.75) is 6.04 Å². The predicted octanol–water partition coefficient (Wildman–Crippen LogP) is 4.49. The Kier molecular flexibility index (Phi) is 3.92. The molecule has 106 valence electrons. The Balaban J connectivity index is 1.89. The Hall–Kier alpha value is -2.68. The lowest BCUT2D eigenvalue weighted by Crippen LogP contribution is -2.11. The van der Waals surface area contributed by atoms with Gasteiger partial charge < -0.3 is 14.5 Å². The van der Waals surface area contributed by atoms with Crippen molar-refractivity contribution in [3.05, 3.63) is 84.3 Å². The van der Waals surface area contributed by atoms with Gasteiger partial charge in [0.05, 0.1) is 13.4 Å². The highest BCUT2D eigenvalue weighted by molar-refractivity contribution is 5.50. The van der Waals surface area contributed by atoms with Gasteiger partial charge >= 0.3 is 0 Å². The summed E-state index contributed by atoms with van der Waals surface area (Å²) in [5.41, 5.74) is 2.17. The highest BCUT2D eigenvalue weighted by atomic mass is 16.5. The smallest absolute Gasteiger partial charge is 0.130 e. The number of anilines is 1. The minimum Gasteiger partial charge on any atom is -0.497 e. The zero-order valence-electron chi connectivity index (χ0n) is 11.8. The lowest BCUT2D eigenvalue weighted by atomic mass is 10.0. The number of nitrogens with one attached hydrogen (secondary N) is 1. The van der Waals surface area contributed by atoms with E-state index in [9.17, 15) is 0 Å². The van der Waals surface area contributed by atoms with Gasteiger partial charge in [-0.15, -0.1) is 0 Å². The largest absolute Gasteiger partial charge is 0.497 e. The molecule has 3 nitrogen and oxygen atoms in total. The van der Waals surface area contributed by atoms with Crippen molar-refractivity contribution in [2.24, 2.45) is 0 Å². The average molecular weight is 279 g/mol. The molecule has 0 saturated carbocycles. The third-order valence-electron chi connectivity index (χ3n) is 3.36. The van der Waals surface area contributed by atoms with Crippen LogP contribution >= 0.6 is 0 Å². The summed E-state index contributed by atoms with van der Waals surface area (Å²) in [6, 6.07) is 22.0. The molecule has 1 aromatic heterocycles. The monoisotopic (exact) mass is 279 g/mol. The second kappa shape index (κ2) is 6.18. The topological polar surface area (TPSA) is 34.4 Å². The highest BCUT2D eigenvalue weighted by Crippen LogP contribution is 2.27. The highest BCUT2D eigenvalue weighted by Gasteiger charge is 2.16. The van der Waals surface area contributed by atoms with Crippen LogP contribution in [0.4, 0.5) is 5.69 Å². The van der Waals surface area contributed by atoms with Gasteiger partial charge in [0.15, 0.2) is 0 Å². The van der Waals surface area contributed by atoms with Crippen molar-refractivity contribution in [1.82, 2.24) is 0 Å². The third-order valence-corrected chi connectivity index (χ3v) is 3.36. The number of ether oxygens (including phenoxy) is 1. The number of methoxy groups -OCH3 is 1. The van der Waals surface area contributed by atoms with Crippen LogP contribution in [0.15, 0.2) is 77.4 Å². The van der Waals surface area contributed by atoms with Gasteiger partial charge in [-0.25, -0.2) is 0 Å². The Morgan fingerprint density at radius 3 is 2.29 bits per heavy atom. The SMILES string of the molecule is COc1ccc(NC(c2ccccc2)c2ccco2)cc1. The molecule has 1 heterocycles. The van der Waals surface area contributed by atoms with Gasteiger partial charge in [0.2, 0.25) is 0 Å². The molecule has 3 aromatic rings. The van der Waals surface area contributed by atoms with Crippen molar-refractivity contribution in [3.63, 3.8) is 0 Å². The van der Waals surface area contributed by atoms with E-state index in [-0.39, 0.29) is 6.04 Å². The molecule has 0 amide bonds. The number of hydrogen-bond acceptors (Lipinski definition) is 3. The molecule has 0 bridgehead atoms. The first kappa shape index (κ1) is 13.3. The van der Waals surface area contributed by atoms with E-state index in [0.717, 1.165) is 22.8 Å². The summed E-state index contributed by atoms with van der Waals surface area (Å²) >= 11 is 0.